The van der Waals surface area contributed by atoms with Crippen LogP contribution in [0.25, 0.3) is 0 Å². The standard InChI is InChI=1S/C24H26N4.4ClH.2Ni/c1-17-18(2)24(28-16-12-22-10-6-8-14-26-22)20(4)19(3)23(17)27-15-11-21-9-5-7-13-25-21;;;;;;/h5-10,13-16H,11-12H2,1-4H3;4*1H;;. The third-order valence-electron chi connectivity index (χ3n) is 5.04. The summed E-state index contributed by atoms with van der Waals surface area (Å²) in [7, 11) is 0. The molecule has 0 amide bonds. The Kier molecular flexibility index (Phi) is 23.9. The predicted octanol–water partition coefficient (Wildman–Crippen LogP) is 7.28. The van der Waals surface area contributed by atoms with Gasteiger partial charge < -0.3 is 0 Å². The summed E-state index contributed by atoms with van der Waals surface area (Å²) < 4.78 is 0. The van der Waals surface area contributed by atoms with Gasteiger partial charge in [-0.15, -0.1) is 49.6 Å². The number of hydrogen-bond acceptors (Lipinski definition) is 4. The van der Waals surface area contributed by atoms with Crippen molar-refractivity contribution < 1.29 is 33.0 Å². The summed E-state index contributed by atoms with van der Waals surface area (Å²) in [6.07, 6.45) is 8.96. The third-order valence-corrected chi connectivity index (χ3v) is 5.04. The maximum atomic E-state index is 4.76. The monoisotopic (exact) mass is 630 g/mol. The average molecular weight is 634 g/mol. The first-order chi connectivity index (χ1) is 13.6. The third kappa shape index (κ3) is 10.7. The zero-order valence-electron chi connectivity index (χ0n) is 19.2. The number of rotatable bonds is 6. The van der Waals surface area contributed by atoms with Crippen molar-refractivity contribution in [1.82, 2.24) is 9.97 Å². The van der Waals surface area contributed by atoms with Crippen LogP contribution in [-0.4, -0.2) is 22.4 Å². The van der Waals surface area contributed by atoms with Crippen LogP contribution in [0.2, 0.25) is 0 Å². The molecule has 0 radical (unpaired) electrons. The van der Waals surface area contributed by atoms with E-state index in [1.54, 1.807) is 0 Å². The van der Waals surface area contributed by atoms with Crippen LogP contribution in [0.5, 0.6) is 0 Å². The predicted molar refractivity (Wildman–Crippen MR) is 147 cm³/mol. The molecule has 0 saturated heterocycles. The summed E-state index contributed by atoms with van der Waals surface area (Å²) >= 11 is 0. The Balaban J connectivity index is -0.000000750. The Hall–Kier alpha value is -0.993. The Morgan fingerprint density at radius 2 is 0.912 bits per heavy atom. The van der Waals surface area contributed by atoms with Crippen LogP contribution in [-0.2, 0) is 45.8 Å². The summed E-state index contributed by atoms with van der Waals surface area (Å²) in [4.78, 5) is 18.2. The molecule has 1 aromatic carbocycles. The van der Waals surface area contributed by atoms with E-state index in [1.165, 1.54) is 22.3 Å². The van der Waals surface area contributed by atoms with Crippen LogP contribution < -0.4 is 0 Å². The number of benzene rings is 1. The van der Waals surface area contributed by atoms with Crippen molar-refractivity contribution in [3.63, 3.8) is 0 Å². The van der Waals surface area contributed by atoms with Crippen LogP contribution in [0, 0.1) is 27.7 Å². The second-order valence-corrected chi connectivity index (χ2v) is 6.87. The molecule has 3 rings (SSSR count). The largest absolute Gasteiger partial charge is 0.261 e. The van der Waals surface area contributed by atoms with Crippen molar-refractivity contribution in [2.45, 2.75) is 40.5 Å². The van der Waals surface area contributed by atoms with Gasteiger partial charge in [0.25, 0.3) is 0 Å². The van der Waals surface area contributed by atoms with Crippen molar-refractivity contribution in [3.8, 4) is 0 Å². The number of pyridine rings is 2. The van der Waals surface area contributed by atoms with Gasteiger partial charge in [0, 0.05) is 82.0 Å². The van der Waals surface area contributed by atoms with Crippen molar-refractivity contribution in [3.05, 3.63) is 82.4 Å². The maximum Gasteiger partial charge on any atom is 0.0690 e. The second-order valence-electron chi connectivity index (χ2n) is 6.87. The molecule has 0 aliphatic heterocycles. The number of aromatic nitrogens is 2. The molecule has 0 aliphatic carbocycles. The summed E-state index contributed by atoms with van der Waals surface area (Å²) in [6, 6.07) is 11.9. The van der Waals surface area contributed by atoms with Gasteiger partial charge in [-0.25, -0.2) is 0 Å². The minimum absolute atomic E-state index is 0. The summed E-state index contributed by atoms with van der Waals surface area (Å²) in [5, 5.41) is 0. The molecular formula is C24H30Cl4N4Ni2. The van der Waals surface area contributed by atoms with Crippen molar-refractivity contribution in [1.29, 1.82) is 0 Å². The summed E-state index contributed by atoms with van der Waals surface area (Å²) in [6.45, 7) is 8.47. The molecule has 10 heteroatoms. The zero-order valence-corrected chi connectivity index (χ0v) is 24.5. The zero-order chi connectivity index (χ0) is 19.9. The van der Waals surface area contributed by atoms with Crippen LogP contribution in [0.3, 0.4) is 0 Å². The van der Waals surface area contributed by atoms with Crippen LogP contribution in [0.1, 0.15) is 33.6 Å². The van der Waals surface area contributed by atoms with E-state index in [0.717, 1.165) is 35.6 Å². The van der Waals surface area contributed by atoms with Crippen LogP contribution >= 0.6 is 49.6 Å². The van der Waals surface area contributed by atoms with E-state index in [9.17, 15) is 0 Å². The fourth-order valence-electron chi connectivity index (χ4n) is 3.16. The molecule has 34 heavy (non-hydrogen) atoms. The molecule has 4 nitrogen and oxygen atoms in total. The van der Waals surface area contributed by atoms with Gasteiger partial charge in [0.15, 0.2) is 0 Å². The van der Waals surface area contributed by atoms with Crippen LogP contribution in [0.4, 0.5) is 11.4 Å². The van der Waals surface area contributed by atoms with Gasteiger partial charge in [0.1, 0.15) is 0 Å². The Morgan fingerprint density at radius 3 is 1.18 bits per heavy atom. The van der Waals surface area contributed by atoms with Gasteiger partial charge in [-0.1, -0.05) is 12.1 Å². The quantitative estimate of drug-likeness (QED) is 0.212. The van der Waals surface area contributed by atoms with E-state index in [0.29, 0.717) is 0 Å². The number of halogens is 4. The molecule has 0 aliphatic rings. The van der Waals surface area contributed by atoms with Crippen molar-refractivity contribution in [2.24, 2.45) is 9.98 Å². The first-order valence-corrected chi connectivity index (χ1v) is 9.53. The van der Waals surface area contributed by atoms with Gasteiger partial charge in [-0.2, -0.15) is 0 Å². The molecule has 0 N–H and O–H groups in total. The summed E-state index contributed by atoms with van der Waals surface area (Å²) in [5.41, 5.74) is 8.80. The fraction of sp³-hybridized carbons (Fsp3) is 0.250. The molecule has 0 bridgehead atoms. The second kappa shape index (κ2) is 20.2. The Morgan fingerprint density at radius 1 is 0.588 bits per heavy atom. The molecule has 0 spiro atoms. The molecule has 2 heterocycles. The normalized spacial score (nSPS) is 9.53. The molecule has 0 saturated carbocycles. The van der Waals surface area contributed by atoms with Gasteiger partial charge in [0.2, 0.25) is 0 Å². The first-order valence-electron chi connectivity index (χ1n) is 9.53. The summed E-state index contributed by atoms with van der Waals surface area (Å²) in [5.74, 6) is 0. The van der Waals surface area contributed by atoms with E-state index >= 15 is 0 Å². The van der Waals surface area contributed by atoms with E-state index in [2.05, 4.69) is 37.7 Å². The molecular weight excluding hydrogens is 603 g/mol. The molecule has 2 aromatic heterocycles. The van der Waals surface area contributed by atoms with Gasteiger partial charge in [-0.05, 0) is 74.2 Å². The van der Waals surface area contributed by atoms with Gasteiger partial charge >= 0.3 is 0 Å². The van der Waals surface area contributed by atoms with E-state index in [-0.39, 0.29) is 82.6 Å². The Bertz CT molecular complexity index is 907. The molecule has 0 atom stereocenters. The SMILES string of the molecule is Cc1c(C)c(N=CCc2ccccn2)c(C)c(C)c1N=CCc1ccccn1.Cl.Cl.Cl.Cl.[Ni].[Ni]. The van der Waals surface area contributed by atoms with E-state index < -0.39 is 0 Å². The van der Waals surface area contributed by atoms with E-state index in [4.69, 9.17) is 9.98 Å². The van der Waals surface area contributed by atoms with E-state index in [1.807, 2.05) is 61.2 Å². The van der Waals surface area contributed by atoms with Crippen LogP contribution in [0.15, 0.2) is 58.8 Å². The first kappa shape index (κ1) is 40.2. The smallest absolute Gasteiger partial charge is 0.0690 e. The fourth-order valence-corrected chi connectivity index (χ4v) is 3.16. The number of aliphatic imine (C=N–C) groups is 2. The van der Waals surface area contributed by atoms with Gasteiger partial charge in [-0.3, -0.25) is 20.0 Å². The molecule has 0 fully saturated rings. The minimum Gasteiger partial charge on any atom is -0.261 e. The topological polar surface area (TPSA) is 50.5 Å². The molecule has 194 valence electrons. The molecule has 3 aromatic rings. The van der Waals surface area contributed by atoms with Gasteiger partial charge in [0.05, 0.1) is 11.4 Å². The maximum absolute atomic E-state index is 4.76. The van der Waals surface area contributed by atoms with Crippen molar-refractivity contribution >= 4 is 73.4 Å². The number of nitrogens with zero attached hydrogens (tertiary/aromatic N) is 4. The Labute approximate surface area is 247 Å². The van der Waals surface area contributed by atoms with Crippen molar-refractivity contribution in [2.75, 3.05) is 0 Å². The minimum atomic E-state index is 0. The number of hydrogen-bond donors (Lipinski definition) is 0. The molecule has 0 unspecified atom stereocenters. The average Bonchev–Trinajstić information content (AvgIpc) is 2.73.